The molecule has 6 heteroatoms. The lowest BCUT2D eigenvalue weighted by Gasteiger charge is -2.37. The average molecular weight is 406 g/mol. The van der Waals surface area contributed by atoms with Crippen LogP contribution in [0.25, 0.3) is 0 Å². The fourth-order valence-electron chi connectivity index (χ4n) is 3.83. The van der Waals surface area contributed by atoms with Gasteiger partial charge in [-0.05, 0) is 47.4 Å². The van der Waals surface area contributed by atoms with Gasteiger partial charge in [0.05, 0.1) is 25.9 Å². The summed E-state index contributed by atoms with van der Waals surface area (Å²) in [6.07, 6.45) is 0.692. The molecule has 0 aromatic heterocycles. The molecule has 0 saturated carbocycles. The molecule has 1 aliphatic heterocycles. The Kier molecular flexibility index (Phi) is 5.57. The van der Waals surface area contributed by atoms with Crippen molar-refractivity contribution >= 4 is 11.7 Å². The molecule has 0 bridgehead atoms. The number of hydrogen-bond donors (Lipinski definition) is 1. The molecule has 4 rings (SSSR count). The van der Waals surface area contributed by atoms with Gasteiger partial charge in [-0.25, -0.2) is 9.18 Å². The van der Waals surface area contributed by atoms with Crippen LogP contribution < -0.4 is 14.8 Å². The number of carbonyl (C=O) groups is 1. The van der Waals surface area contributed by atoms with Crippen LogP contribution in [0.3, 0.4) is 0 Å². The second-order valence-corrected chi connectivity index (χ2v) is 7.17. The Labute approximate surface area is 175 Å². The number of nitrogens with one attached hydrogen (secondary N) is 1. The Bertz CT molecular complexity index is 1060. The van der Waals surface area contributed by atoms with Crippen molar-refractivity contribution in [3.05, 3.63) is 89.2 Å². The van der Waals surface area contributed by atoms with Gasteiger partial charge in [-0.3, -0.25) is 0 Å². The molecule has 30 heavy (non-hydrogen) atoms. The van der Waals surface area contributed by atoms with Gasteiger partial charge in [0.15, 0.2) is 0 Å². The zero-order valence-electron chi connectivity index (χ0n) is 16.9. The summed E-state index contributed by atoms with van der Waals surface area (Å²) < 4.78 is 24.1. The molecule has 0 spiro atoms. The van der Waals surface area contributed by atoms with Gasteiger partial charge in [-0.1, -0.05) is 36.4 Å². The Hall–Kier alpha value is -3.54. The maximum absolute atomic E-state index is 13.5. The van der Waals surface area contributed by atoms with Crippen molar-refractivity contribution in [2.24, 2.45) is 0 Å². The first-order valence-electron chi connectivity index (χ1n) is 9.71. The van der Waals surface area contributed by atoms with Gasteiger partial charge in [0, 0.05) is 12.6 Å². The number of nitrogens with zero attached hydrogens (tertiary/aromatic N) is 1. The second kappa shape index (κ2) is 8.45. The largest absolute Gasteiger partial charge is 0.497 e. The van der Waals surface area contributed by atoms with Crippen LogP contribution in [0.15, 0.2) is 66.7 Å². The van der Waals surface area contributed by atoms with E-state index in [2.05, 4.69) is 11.4 Å². The van der Waals surface area contributed by atoms with Gasteiger partial charge < -0.3 is 19.7 Å². The molecular weight excluding hydrogens is 383 g/mol. The number of anilines is 1. The Morgan fingerprint density at radius 1 is 1.00 bits per heavy atom. The number of carbonyl (C=O) groups excluding carboxylic acids is 1. The van der Waals surface area contributed by atoms with E-state index in [4.69, 9.17) is 9.47 Å². The van der Waals surface area contributed by atoms with Crippen molar-refractivity contribution in [3.63, 3.8) is 0 Å². The number of hydrogen-bond acceptors (Lipinski definition) is 3. The fourth-order valence-corrected chi connectivity index (χ4v) is 3.83. The van der Waals surface area contributed by atoms with Gasteiger partial charge >= 0.3 is 6.03 Å². The summed E-state index contributed by atoms with van der Waals surface area (Å²) in [6, 6.07) is 19.6. The van der Waals surface area contributed by atoms with E-state index in [1.807, 2.05) is 42.5 Å². The second-order valence-electron chi connectivity index (χ2n) is 7.17. The van der Waals surface area contributed by atoms with Crippen molar-refractivity contribution < 1.29 is 18.7 Å². The molecule has 1 N–H and O–H groups in total. The van der Waals surface area contributed by atoms with Gasteiger partial charge in [0.25, 0.3) is 0 Å². The lowest BCUT2D eigenvalue weighted by molar-refractivity contribution is 0.176. The number of amides is 2. The molecule has 1 atom stereocenters. The lowest BCUT2D eigenvalue weighted by Crippen LogP contribution is -2.41. The highest BCUT2D eigenvalue weighted by Crippen LogP contribution is 2.36. The maximum atomic E-state index is 13.5. The lowest BCUT2D eigenvalue weighted by atomic mass is 9.90. The number of halogens is 1. The zero-order chi connectivity index (χ0) is 21.1. The van der Waals surface area contributed by atoms with E-state index in [-0.39, 0.29) is 17.8 Å². The van der Waals surface area contributed by atoms with Crippen molar-refractivity contribution in [2.45, 2.75) is 19.0 Å². The summed E-state index contributed by atoms with van der Waals surface area (Å²) in [7, 11) is 3.07. The van der Waals surface area contributed by atoms with Gasteiger partial charge in [-0.2, -0.15) is 0 Å². The van der Waals surface area contributed by atoms with Gasteiger partial charge in [0.1, 0.15) is 17.3 Å². The number of benzene rings is 3. The quantitative estimate of drug-likeness (QED) is 0.650. The first-order valence-corrected chi connectivity index (χ1v) is 9.71. The molecule has 5 nitrogen and oxygen atoms in total. The standard InChI is InChI=1S/C24H23FN2O3/c1-29-20-10-8-17-13-22(16-6-4-3-5-7-16)27(15-18(17)12-20)24(28)26-21-11-9-19(25)14-23(21)30-2/h3-12,14,22H,13,15H2,1-2H3,(H,26,28)/t22-/m0/s1. The molecule has 0 radical (unpaired) electrons. The Balaban J connectivity index is 1.68. The van der Waals surface area contributed by atoms with E-state index in [1.165, 1.54) is 30.9 Å². The van der Waals surface area contributed by atoms with Crippen LogP contribution in [0.4, 0.5) is 14.9 Å². The predicted molar refractivity (Wildman–Crippen MR) is 113 cm³/mol. The third-order valence-electron chi connectivity index (χ3n) is 5.39. The highest BCUT2D eigenvalue weighted by atomic mass is 19.1. The molecule has 0 unspecified atom stereocenters. The van der Waals surface area contributed by atoms with Crippen molar-refractivity contribution in [1.29, 1.82) is 0 Å². The molecule has 0 saturated heterocycles. The van der Waals surface area contributed by atoms with E-state index in [9.17, 15) is 9.18 Å². The molecule has 3 aromatic carbocycles. The highest BCUT2D eigenvalue weighted by Gasteiger charge is 2.31. The normalized spacial score (nSPS) is 15.3. The number of rotatable bonds is 4. The molecule has 0 fully saturated rings. The smallest absolute Gasteiger partial charge is 0.322 e. The topological polar surface area (TPSA) is 50.8 Å². The molecule has 2 amide bonds. The maximum Gasteiger partial charge on any atom is 0.322 e. The average Bonchev–Trinajstić information content (AvgIpc) is 2.79. The summed E-state index contributed by atoms with van der Waals surface area (Å²) in [4.78, 5) is 15.1. The number of ether oxygens (including phenoxy) is 2. The first-order chi connectivity index (χ1) is 14.6. The van der Waals surface area contributed by atoms with Crippen LogP contribution in [0.2, 0.25) is 0 Å². The SMILES string of the molecule is COc1ccc2c(c1)CN(C(=O)Nc1ccc(F)cc1OC)[C@H](c1ccccc1)C2. The van der Waals surface area contributed by atoms with Crippen LogP contribution in [0.1, 0.15) is 22.7 Å². The number of fused-ring (bicyclic) bond motifs is 1. The third kappa shape index (κ3) is 3.94. The molecule has 1 heterocycles. The van der Waals surface area contributed by atoms with Gasteiger partial charge in [-0.15, -0.1) is 0 Å². The zero-order valence-corrected chi connectivity index (χ0v) is 16.9. The summed E-state index contributed by atoms with van der Waals surface area (Å²) >= 11 is 0. The first kappa shape index (κ1) is 19.8. The van der Waals surface area contributed by atoms with Crippen LogP contribution in [0, 0.1) is 5.82 Å². The minimum atomic E-state index is -0.425. The van der Waals surface area contributed by atoms with E-state index < -0.39 is 5.82 Å². The third-order valence-corrected chi connectivity index (χ3v) is 5.39. The Morgan fingerprint density at radius 3 is 2.53 bits per heavy atom. The Morgan fingerprint density at radius 2 is 1.80 bits per heavy atom. The molecule has 3 aromatic rings. The van der Waals surface area contributed by atoms with Crippen LogP contribution in [-0.2, 0) is 13.0 Å². The highest BCUT2D eigenvalue weighted by molar-refractivity contribution is 5.91. The molecular formula is C24H23FN2O3. The molecule has 154 valence electrons. The monoisotopic (exact) mass is 406 g/mol. The molecule has 0 aliphatic carbocycles. The molecule has 1 aliphatic rings. The summed E-state index contributed by atoms with van der Waals surface area (Å²) in [6.45, 7) is 0.432. The van der Waals surface area contributed by atoms with E-state index >= 15 is 0 Å². The van der Waals surface area contributed by atoms with Crippen LogP contribution in [-0.4, -0.2) is 25.2 Å². The minimum Gasteiger partial charge on any atom is -0.497 e. The summed E-state index contributed by atoms with van der Waals surface area (Å²) in [5.41, 5.74) is 3.71. The number of urea groups is 1. The predicted octanol–water partition coefficient (Wildman–Crippen LogP) is 5.17. The fraction of sp³-hybridized carbons (Fsp3) is 0.208. The van der Waals surface area contributed by atoms with Crippen LogP contribution >= 0.6 is 0 Å². The van der Waals surface area contributed by atoms with E-state index in [1.54, 1.807) is 12.0 Å². The van der Waals surface area contributed by atoms with E-state index in [0.717, 1.165) is 16.9 Å². The van der Waals surface area contributed by atoms with Crippen molar-refractivity contribution in [2.75, 3.05) is 19.5 Å². The van der Waals surface area contributed by atoms with E-state index in [0.29, 0.717) is 18.7 Å². The van der Waals surface area contributed by atoms with Crippen molar-refractivity contribution in [3.8, 4) is 11.5 Å². The minimum absolute atomic E-state index is 0.126. The van der Waals surface area contributed by atoms with Crippen LogP contribution in [0.5, 0.6) is 11.5 Å². The van der Waals surface area contributed by atoms with Gasteiger partial charge in [0.2, 0.25) is 0 Å². The summed E-state index contributed by atoms with van der Waals surface area (Å²) in [5, 5.41) is 2.88. The summed E-state index contributed by atoms with van der Waals surface area (Å²) in [5.74, 6) is 0.608. The van der Waals surface area contributed by atoms with Crippen molar-refractivity contribution in [1.82, 2.24) is 4.90 Å². The number of methoxy groups -OCH3 is 2.